The molecule has 0 fully saturated rings. The Morgan fingerprint density at radius 1 is 1.18 bits per heavy atom. The molecular formula is C19H18F2N4O2S. The maximum atomic E-state index is 13.2. The quantitative estimate of drug-likeness (QED) is 0.604. The Hall–Kier alpha value is -2.94. The van der Waals surface area contributed by atoms with E-state index in [4.69, 9.17) is 4.74 Å². The van der Waals surface area contributed by atoms with Crippen LogP contribution in [-0.4, -0.2) is 26.4 Å². The number of carbonyl (C=O) groups is 1. The number of thioether (sulfide) groups is 1. The Morgan fingerprint density at radius 3 is 2.64 bits per heavy atom. The minimum absolute atomic E-state index is 0.0929. The van der Waals surface area contributed by atoms with Crippen molar-refractivity contribution in [1.29, 1.82) is 0 Å². The normalized spacial score (nSPS) is 11.9. The number of benzene rings is 2. The third kappa shape index (κ3) is 5.07. The molecule has 1 amide bonds. The van der Waals surface area contributed by atoms with Crippen molar-refractivity contribution >= 4 is 23.4 Å². The number of hydrogen-bond donors (Lipinski definition) is 1. The van der Waals surface area contributed by atoms with E-state index in [-0.39, 0.29) is 17.5 Å². The molecule has 9 heteroatoms. The predicted octanol–water partition coefficient (Wildman–Crippen LogP) is 3.96. The molecule has 1 unspecified atom stereocenters. The second-order valence-electron chi connectivity index (χ2n) is 5.96. The number of rotatable bonds is 7. The summed E-state index contributed by atoms with van der Waals surface area (Å²) >= 11 is 1.20. The lowest BCUT2D eigenvalue weighted by Gasteiger charge is -2.14. The Labute approximate surface area is 164 Å². The van der Waals surface area contributed by atoms with E-state index in [2.05, 4.69) is 15.5 Å². The van der Waals surface area contributed by atoms with Gasteiger partial charge in [0.15, 0.2) is 17.1 Å². The Morgan fingerprint density at radius 2 is 1.93 bits per heavy atom. The third-order valence-electron chi connectivity index (χ3n) is 3.80. The number of hydrogen-bond acceptors (Lipinski definition) is 5. The monoisotopic (exact) mass is 404 g/mol. The number of nitrogens with zero attached hydrogens (tertiary/aromatic N) is 3. The highest BCUT2D eigenvalue weighted by Crippen LogP contribution is 2.24. The number of halogens is 2. The van der Waals surface area contributed by atoms with Gasteiger partial charge in [0, 0.05) is 12.7 Å². The first-order chi connectivity index (χ1) is 13.4. The Kier molecular flexibility index (Phi) is 6.25. The van der Waals surface area contributed by atoms with Gasteiger partial charge >= 0.3 is 0 Å². The van der Waals surface area contributed by atoms with Crippen LogP contribution in [0.15, 0.2) is 53.7 Å². The minimum Gasteiger partial charge on any atom is -0.483 e. The van der Waals surface area contributed by atoms with Crippen molar-refractivity contribution in [2.45, 2.75) is 18.2 Å². The predicted molar refractivity (Wildman–Crippen MR) is 102 cm³/mol. The van der Waals surface area contributed by atoms with Crippen LogP contribution in [0.2, 0.25) is 0 Å². The SMILES string of the molecule is CC(Oc1ccc(F)cc1)c1nnc(SCC(=O)Nc2cccc(F)c2)n1C. The number of anilines is 1. The molecule has 0 spiro atoms. The van der Waals surface area contributed by atoms with Gasteiger partial charge in [-0.1, -0.05) is 17.8 Å². The van der Waals surface area contributed by atoms with Crippen molar-refractivity contribution in [1.82, 2.24) is 14.8 Å². The van der Waals surface area contributed by atoms with Gasteiger partial charge < -0.3 is 14.6 Å². The van der Waals surface area contributed by atoms with Crippen LogP contribution in [-0.2, 0) is 11.8 Å². The molecule has 0 saturated heterocycles. The van der Waals surface area contributed by atoms with E-state index in [1.165, 1.54) is 54.2 Å². The molecule has 1 heterocycles. The van der Waals surface area contributed by atoms with Gasteiger partial charge in [-0.3, -0.25) is 4.79 Å². The molecule has 2 aromatic carbocycles. The number of carbonyl (C=O) groups excluding carboxylic acids is 1. The molecule has 3 rings (SSSR count). The molecule has 1 aromatic heterocycles. The maximum Gasteiger partial charge on any atom is 0.234 e. The lowest BCUT2D eigenvalue weighted by molar-refractivity contribution is -0.113. The fourth-order valence-corrected chi connectivity index (χ4v) is 3.19. The zero-order valence-electron chi connectivity index (χ0n) is 15.2. The molecule has 146 valence electrons. The van der Waals surface area contributed by atoms with Crippen LogP contribution in [0.1, 0.15) is 18.9 Å². The second-order valence-corrected chi connectivity index (χ2v) is 6.90. The van der Waals surface area contributed by atoms with E-state index in [9.17, 15) is 13.6 Å². The van der Waals surface area contributed by atoms with Gasteiger partial charge in [-0.05, 0) is 49.4 Å². The summed E-state index contributed by atoms with van der Waals surface area (Å²) in [6.45, 7) is 1.80. The van der Waals surface area contributed by atoms with Gasteiger partial charge in [0.05, 0.1) is 5.75 Å². The minimum atomic E-state index is -0.418. The average Bonchev–Trinajstić information content (AvgIpc) is 3.02. The summed E-state index contributed by atoms with van der Waals surface area (Å²) in [6.07, 6.45) is -0.418. The van der Waals surface area contributed by atoms with E-state index in [1.54, 1.807) is 24.6 Å². The van der Waals surface area contributed by atoms with E-state index in [0.717, 1.165) is 0 Å². The molecule has 0 saturated carbocycles. The smallest absolute Gasteiger partial charge is 0.234 e. The summed E-state index contributed by atoms with van der Waals surface area (Å²) in [5.74, 6) is 0.136. The molecule has 0 bridgehead atoms. The first kappa shape index (κ1) is 19.8. The summed E-state index contributed by atoms with van der Waals surface area (Å²) < 4.78 is 33.6. The first-order valence-electron chi connectivity index (χ1n) is 8.42. The standard InChI is InChI=1S/C19H18F2N4O2S/c1-12(27-16-8-6-13(20)7-9-16)18-23-24-19(25(18)2)28-11-17(26)22-15-5-3-4-14(21)10-15/h3-10,12H,11H2,1-2H3,(H,22,26). The van der Waals surface area contributed by atoms with Gasteiger partial charge in [-0.25, -0.2) is 8.78 Å². The van der Waals surface area contributed by atoms with Crippen molar-refractivity contribution in [3.8, 4) is 5.75 Å². The summed E-state index contributed by atoms with van der Waals surface area (Å²) in [5, 5.41) is 11.4. The largest absolute Gasteiger partial charge is 0.483 e. The van der Waals surface area contributed by atoms with Gasteiger partial charge in [-0.2, -0.15) is 0 Å². The van der Waals surface area contributed by atoms with E-state index in [1.807, 2.05) is 0 Å². The van der Waals surface area contributed by atoms with Crippen molar-refractivity contribution < 1.29 is 18.3 Å². The summed E-state index contributed by atoms with van der Waals surface area (Å²) in [5.41, 5.74) is 0.394. The molecule has 28 heavy (non-hydrogen) atoms. The van der Waals surface area contributed by atoms with E-state index in [0.29, 0.717) is 22.4 Å². The maximum absolute atomic E-state index is 13.2. The molecule has 6 nitrogen and oxygen atoms in total. The van der Waals surface area contributed by atoms with Crippen LogP contribution in [0.3, 0.4) is 0 Å². The Bertz CT molecular complexity index is 963. The van der Waals surface area contributed by atoms with Crippen LogP contribution in [0.4, 0.5) is 14.5 Å². The molecule has 0 aliphatic heterocycles. The van der Waals surface area contributed by atoms with Crippen molar-refractivity contribution in [2.75, 3.05) is 11.1 Å². The average molecular weight is 404 g/mol. The molecular weight excluding hydrogens is 386 g/mol. The van der Waals surface area contributed by atoms with E-state index >= 15 is 0 Å². The van der Waals surface area contributed by atoms with Crippen molar-refractivity contribution in [3.05, 3.63) is 66.0 Å². The molecule has 1 atom stereocenters. The van der Waals surface area contributed by atoms with Crippen LogP contribution in [0, 0.1) is 11.6 Å². The number of aromatic nitrogens is 3. The van der Waals surface area contributed by atoms with Gasteiger partial charge in [0.25, 0.3) is 0 Å². The Balaban J connectivity index is 1.57. The van der Waals surface area contributed by atoms with Gasteiger partial charge in [0.2, 0.25) is 5.91 Å². The van der Waals surface area contributed by atoms with Crippen LogP contribution in [0.5, 0.6) is 5.75 Å². The number of amides is 1. The zero-order valence-corrected chi connectivity index (χ0v) is 16.0. The molecule has 0 radical (unpaired) electrons. The molecule has 1 N–H and O–H groups in total. The fourth-order valence-electron chi connectivity index (χ4n) is 2.47. The van der Waals surface area contributed by atoms with Gasteiger partial charge in [-0.15, -0.1) is 10.2 Å². The summed E-state index contributed by atoms with van der Waals surface area (Å²) in [4.78, 5) is 12.1. The fraction of sp³-hybridized carbons (Fsp3) is 0.211. The van der Waals surface area contributed by atoms with E-state index < -0.39 is 11.9 Å². The highest BCUT2D eigenvalue weighted by atomic mass is 32.2. The highest BCUT2D eigenvalue weighted by molar-refractivity contribution is 7.99. The summed E-state index contributed by atoms with van der Waals surface area (Å²) in [7, 11) is 1.77. The van der Waals surface area contributed by atoms with Crippen LogP contribution in [0.25, 0.3) is 0 Å². The van der Waals surface area contributed by atoms with Crippen LogP contribution >= 0.6 is 11.8 Å². The number of ether oxygens (including phenoxy) is 1. The highest BCUT2D eigenvalue weighted by Gasteiger charge is 2.18. The lowest BCUT2D eigenvalue weighted by atomic mass is 10.3. The topological polar surface area (TPSA) is 69.0 Å². The first-order valence-corrected chi connectivity index (χ1v) is 9.40. The van der Waals surface area contributed by atoms with Crippen molar-refractivity contribution in [3.63, 3.8) is 0 Å². The third-order valence-corrected chi connectivity index (χ3v) is 4.82. The molecule has 3 aromatic rings. The molecule has 0 aliphatic carbocycles. The summed E-state index contributed by atoms with van der Waals surface area (Å²) in [6, 6.07) is 11.4. The second kappa shape index (κ2) is 8.83. The lowest BCUT2D eigenvalue weighted by Crippen LogP contribution is -2.15. The zero-order chi connectivity index (χ0) is 20.1. The van der Waals surface area contributed by atoms with Crippen molar-refractivity contribution in [2.24, 2.45) is 7.05 Å². The number of nitrogens with one attached hydrogen (secondary N) is 1. The molecule has 0 aliphatic rings. The van der Waals surface area contributed by atoms with Gasteiger partial charge in [0.1, 0.15) is 17.4 Å². The van der Waals surface area contributed by atoms with Crippen LogP contribution < -0.4 is 10.1 Å².